The van der Waals surface area contributed by atoms with Crippen LogP contribution in [0.5, 0.6) is 0 Å². The van der Waals surface area contributed by atoms with Gasteiger partial charge < -0.3 is 40.1 Å². The zero-order valence-electron chi connectivity index (χ0n) is 21.6. The lowest BCUT2D eigenvalue weighted by molar-refractivity contribution is -0.140. The number of urea groups is 1. The van der Waals surface area contributed by atoms with E-state index in [2.05, 4.69) is 30.9 Å². The van der Waals surface area contributed by atoms with E-state index in [4.69, 9.17) is 9.26 Å². The lowest BCUT2D eigenvalue weighted by atomic mass is 9.94. The normalized spacial score (nSPS) is 30.8. The zero-order chi connectivity index (χ0) is 28.4. The lowest BCUT2D eigenvalue weighted by Gasteiger charge is -2.29. The average molecular weight is 584 g/mol. The first-order valence-electron chi connectivity index (χ1n) is 13.3. The Bertz CT molecular complexity index is 1270. The smallest absolute Gasteiger partial charge is 0.328 e. The zero-order valence-corrected chi connectivity index (χ0v) is 22.5. The Balaban J connectivity index is 1.21. The molecule has 17 heteroatoms. The molecule has 16 nitrogen and oxygen atoms in total. The molecule has 0 spiro atoms. The van der Waals surface area contributed by atoms with Crippen LogP contribution in [0.2, 0.25) is 0 Å². The van der Waals surface area contributed by atoms with Gasteiger partial charge in [-0.3, -0.25) is 19.2 Å². The third-order valence-corrected chi connectivity index (χ3v) is 9.16. The van der Waals surface area contributed by atoms with Gasteiger partial charge in [0, 0.05) is 6.04 Å². The van der Waals surface area contributed by atoms with Crippen molar-refractivity contribution in [3.8, 4) is 0 Å². The fraction of sp³-hybridized carbons (Fsp3) is 0.696. The third kappa shape index (κ3) is 6.43. The van der Waals surface area contributed by atoms with Gasteiger partial charge in [0.2, 0.25) is 0 Å². The first kappa shape index (κ1) is 28.8. The Morgan fingerprint density at radius 3 is 2.70 bits per heavy atom. The molecule has 1 saturated carbocycles. The molecular weight excluding hydrogens is 549 g/mol. The Labute approximate surface area is 229 Å². The lowest BCUT2D eigenvalue weighted by Crippen LogP contribution is -2.44. The van der Waals surface area contributed by atoms with E-state index in [9.17, 15) is 34.4 Å². The van der Waals surface area contributed by atoms with Gasteiger partial charge in [0.15, 0.2) is 23.2 Å². The molecule has 0 radical (unpaired) electrons. The molecular formula is C23H34N7O9P. The summed E-state index contributed by atoms with van der Waals surface area (Å²) in [6.07, 6.45) is 1.81. The second kappa shape index (κ2) is 12.0. The largest absolute Gasteiger partial charge is 0.480 e. The Kier molecular flexibility index (Phi) is 8.66. The van der Waals surface area contributed by atoms with E-state index in [1.807, 2.05) is 0 Å². The number of nitrogens with zero attached hydrogens (tertiary/aromatic N) is 4. The van der Waals surface area contributed by atoms with E-state index in [1.165, 1.54) is 17.2 Å². The van der Waals surface area contributed by atoms with Crippen LogP contribution in [0.4, 0.5) is 10.6 Å². The van der Waals surface area contributed by atoms with Crippen molar-refractivity contribution >= 4 is 36.6 Å². The fourth-order valence-electron chi connectivity index (χ4n) is 5.54. The maximum absolute atomic E-state index is 12.7. The number of hydrogen-bond donors (Lipinski definition) is 7. The standard InChI is InChI=1S/C23H34N7O9P/c31-17-15(8-38-40(36,37)9-12-5-6-24-14(7-12)22(33)34)39-21(18(17)32)30-11-27-16-19(25-10-26-20(16)30)29-23(35)28-13-3-1-2-4-13/h10-15,17-18,21,24,31-32H,1-9H2,(H,33,34)(H,36,37)(H2,25,26,28,29,35)/t12?,14?,15-,17+,18+,21-/m1/s1. The van der Waals surface area contributed by atoms with Gasteiger partial charge in [-0.05, 0) is 38.1 Å². The van der Waals surface area contributed by atoms with Crippen molar-refractivity contribution in [2.75, 3.05) is 24.6 Å². The van der Waals surface area contributed by atoms with Crippen LogP contribution < -0.4 is 16.0 Å². The van der Waals surface area contributed by atoms with Crippen LogP contribution in [-0.4, -0.2) is 101 Å². The monoisotopic (exact) mass is 583 g/mol. The number of aromatic nitrogens is 4. The Hall–Kier alpha value is -2.72. The summed E-state index contributed by atoms with van der Waals surface area (Å²) in [4.78, 5) is 46.6. The van der Waals surface area contributed by atoms with Crippen LogP contribution in [0.25, 0.3) is 11.2 Å². The van der Waals surface area contributed by atoms with E-state index in [-0.39, 0.29) is 41.5 Å². The number of aliphatic hydroxyl groups is 2. The van der Waals surface area contributed by atoms with E-state index in [0.29, 0.717) is 13.0 Å². The molecule has 5 rings (SSSR count). The van der Waals surface area contributed by atoms with Gasteiger partial charge in [-0.1, -0.05) is 12.8 Å². The predicted molar refractivity (Wildman–Crippen MR) is 138 cm³/mol. The van der Waals surface area contributed by atoms with Gasteiger partial charge in [0.05, 0.1) is 19.1 Å². The van der Waals surface area contributed by atoms with Gasteiger partial charge in [-0.15, -0.1) is 0 Å². The van der Waals surface area contributed by atoms with Gasteiger partial charge in [-0.2, -0.15) is 0 Å². The minimum absolute atomic E-state index is 0.105. The number of nitrogens with one attached hydrogen (secondary N) is 3. The molecule has 1 aliphatic carbocycles. The van der Waals surface area contributed by atoms with Crippen molar-refractivity contribution in [1.82, 2.24) is 30.2 Å². The molecule has 7 N–H and O–H groups in total. The summed E-state index contributed by atoms with van der Waals surface area (Å²) < 4.78 is 25.1. The second-order valence-corrected chi connectivity index (χ2v) is 12.4. The van der Waals surface area contributed by atoms with Crippen LogP contribution in [0.3, 0.4) is 0 Å². The maximum atomic E-state index is 12.7. The molecule has 4 heterocycles. The number of rotatable bonds is 9. The molecule has 7 atom stereocenters. The molecule has 220 valence electrons. The highest BCUT2D eigenvalue weighted by Gasteiger charge is 2.45. The molecule has 2 aliphatic heterocycles. The van der Waals surface area contributed by atoms with E-state index < -0.39 is 56.8 Å². The molecule has 2 saturated heterocycles. The SMILES string of the molecule is O=C(Nc1ncnc2c1ncn2[C@@H]1O[C@H](COP(=O)(O)CC2CCNC(C(=O)O)C2)[C@H](O)[C@@H]1O)NC1CCCC1. The number of carboxylic acids is 1. The number of amides is 2. The number of fused-ring (bicyclic) bond motifs is 1. The number of carbonyl (C=O) groups is 2. The molecule has 0 aromatic carbocycles. The van der Waals surface area contributed by atoms with Crippen LogP contribution in [-0.2, 0) is 18.6 Å². The van der Waals surface area contributed by atoms with Crippen LogP contribution in [0, 0.1) is 5.92 Å². The van der Waals surface area contributed by atoms with Crippen molar-refractivity contribution in [3.05, 3.63) is 12.7 Å². The highest BCUT2D eigenvalue weighted by atomic mass is 31.2. The third-order valence-electron chi connectivity index (χ3n) is 7.63. The van der Waals surface area contributed by atoms with Crippen LogP contribution in [0.15, 0.2) is 12.7 Å². The average Bonchev–Trinajstić information content (AvgIpc) is 3.64. The number of aliphatic carboxylic acids is 1. The van der Waals surface area contributed by atoms with Gasteiger partial charge in [-0.25, -0.2) is 19.7 Å². The fourth-order valence-corrected chi connectivity index (χ4v) is 7.01. The van der Waals surface area contributed by atoms with Crippen molar-refractivity contribution in [1.29, 1.82) is 0 Å². The molecule has 2 aromatic heterocycles. The number of ether oxygens (including phenoxy) is 1. The summed E-state index contributed by atoms with van der Waals surface area (Å²) in [5.41, 5.74) is 0.478. The number of carboxylic acid groups (broad SMARTS) is 1. The van der Waals surface area contributed by atoms with E-state index in [0.717, 1.165) is 25.7 Å². The summed E-state index contributed by atoms with van der Waals surface area (Å²) >= 11 is 0. The Morgan fingerprint density at radius 1 is 1.18 bits per heavy atom. The number of aliphatic hydroxyl groups excluding tert-OH is 2. The quantitative estimate of drug-likeness (QED) is 0.195. The summed E-state index contributed by atoms with van der Waals surface area (Å²) in [7, 11) is -4.15. The Morgan fingerprint density at radius 2 is 1.95 bits per heavy atom. The number of imidazole rings is 1. The maximum Gasteiger partial charge on any atom is 0.328 e. The topological polar surface area (TPSA) is 230 Å². The summed E-state index contributed by atoms with van der Waals surface area (Å²) in [6, 6.07) is -1.10. The number of anilines is 1. The van der Waals surface area contributed by atoms with Gasteiger partial charge in [0.25, 0.3) is 0 Å². The first-order chi connectivity index (χ1) is 19.1. The molecule has 3 unspecified atom stereocenters. The number of carbonyl (C=O) groups excluding carboxylic acids is 1. The molecule has 2 aromatic rings. The minimum Gasteiger partial charge on any atom is -0.480 e. The summed E-state index contributed by atoms with van der Waals surface area (Å²) in [5.74, 6) is -1.18. The molecule has 40 heavy (non-hydrogen) atoms. The highest BCUT2D eigenvalue weighted by molar-refractivity contribution is 7.52. The van der Waals surface area contributed by atoms with Crippen molar-refractivity contribution in [2.45, 2.75) is 75.1 Å². The predicted octanol–water partition coefficient (Wildman–Crippen LogP) is 0.164. The van der Waals surface area contributed by atoms with Crippen molar-refractivity contribution < 1.29 is 43.6 Å². The summed E-state index contributed by atoms with van der Waals surface area (Å²) in [6.45, 7) is -0.0730. The van der Waals surface area contributed by atoms with Crippen LogP contribution in [0.1, 0.15) is 44.8 Å². The van der Waals surface area contributed by atoms with Crippen molar-refractivity contribution in [3.63, 3.8) is 0 Å². The summed E-state index contributed by atoms with van der Waals surface area (Å²) in [5, 5.41) is 38.9. The van der Waals surface area contributed by atoms with Crippen LogP contribution >= 0.6 is 7.60 Å². The van der Waals surface area contributed by atoms with Crippen molar-refractivity contribution in [2.24, 2.45) is 5.92 Å². The van der Waals surface area contributed by atoms with E-state index in [1.54, 1.807) is 0 Å². The number of hydrogen-bond acceptors (Lipinski definition) is 11. The van der Waals surface area contributed by atoms with Gasteiger partial charge >= 0.3 is 19.6 Å². The molecule has 2 amide bonds. The number of piperidine rings is 1. The second-order valence-electron chi connectivity index (χ2n) is 10.5. The minimum atomic E-state index is -4.15. The molecule has 3 fully saturated rings. The van der Waals surface area contributed by atoms with Gasteiger partial charge in [0.1, 0.15) is 30.7 Å². The first-order valence-corrected chi connectivity index (χ1v) is 15.1. The van der Waals surface area contributed by atoms with E-state index >= 15 is 0 Å². The molecule has 3 aliphatic rings. The molecule has 0 bridgehead atoms. The highest BCUT2D eigenvalue weighted by Crippen LogP contribution is 2.46.